The molecule has 1 saturated heterocycles. The number of aromatic nitrogens is 2. The average Bonchev–Trinajstić information content (AvgIpc) is 3.50. The number of anilines is 2. The minimum Gasteiger partial charge on any atom is -0.497 e. The van der Waals surface area contributed by atoms with Gasteiger partial charge in [-0.3, -0.25) is 19.2 Å². The number of likely N-dealkylation sites (tertiary alicyclic amines) is 1. The second kappa shape index (κ2) is 18.5. The smallest absolute Gasteiger partial charge is 0.306 e. The lowest BCUT2D eigenvalue weighted by Crippen LogP contribution is -2.56. The van der Waals surface area contributed by atoms with Crippen LogP contribution in [-0.4, -0.2) is 98.0 Å². The van der Waals surface area contributed by atoms with Crippen LogP contribution in [0, 0.1) is 5.92 Å². The van der Waals surface area contributed by atoms with Crippen molar-refractivity contribution in [2.45, 2.75) is 93.8 Å². The van der Waals surface area contributed by atoms with E-state index in [0.29, 0.717) is 46.0 Å². The van der Waals surface area contributed by atoms with Gasteiger partial charge in [0.15, 0.2) is 5.13 Å². The van der Waals surface area contributed by atoms with Crippen LogP contribution in [-0.2, 0) is 33.9 Å². The molecule has 4 N–H and O–H groups in total. The second-order valence-electron chi connectivity index (χ2n) is 15.7. The molecule has 0 spiro atoms. The van der Waals surface area contributed by atoms with Crippen molar-refractivity contribution in [3.63, 3.8) is 0 Å². The third-order valence-corrected chi connectivity index (χ3v) is 13.2. The summed E-state index contributed by atoms with van der Waals surface area (Å²) >= 11 is 1.45. The molecule has 4 aromatic rings. The van der Waals surface area contributed by atoms with Crippen LogP contribution in [0.3, 0.4) is 0 Å². The molecule has 0 bridgehead atoms. The van der Waals surface area contributed by atoms with Gasteiger partial charge in [0.25, 0.3) is 15.9 Å². The van der Waals surface area contributed by atoms with Crippen LogP contribution in [0.15, 0.2) is 71.0 Å². The molecule has 16 nitrogen and oxygen atoms in total. The number of sulfonamides is 1. The van der Waals surface area contributed by atoms with Crippen LogP contribution in [0.4, 0.5) is 10.8 Å². The second-order valence-corrected chi connectivity index (χ2v) is 18.3. The van der Waals surface area contributed by atoms with Crippen molar-refractivity contribution in [3.05, 3.63) is 66.1 Å². The van der Waals surface area contributed by atoms with Crippen molar-refractivity contribution < 1.29 is 41.8 Å². The number of rotatable bonds is 11. The molecule has 18 heteroatoms. The van der Waals surface area contributed by atoms with E-state index in [2.05, 4.69) is 20.7 Å². The van der Waals surface area contributed by atoms with Gasteiger partial charge in [0, 0.05) is 54.2 Å². The number of hydrogen-bond acceptors (Lipinski definition) is 14. The fourth-order valence-electron chi connectivity index (χ4n) is 7.73. The largest absolute Gasteiger partial charge is 0.497 e. The fourth-order valence-corrected chi connectivity index (χ4v) is 9.80. The highest BCUT2D eigenvalue weighted by Crippen LogP contribution is 2.46. The quantitative estimate of drug-likeness (QED) is 0.110. The number of pyridine rings is 1. The number of carbonyl (C=O) groups excluding carboxylic acids is 4. The van der Waals surface area contributed by atoms with Crippen LogP contribution >= 0.6 is 11.3 Å². The Bertz CT molecular complexity index is 2440. The Kier molecular flexibility index (Phi) is 13.1. The van der Waals surface area contributed by atoms with Crippen LogP contribution in [0.1, 0.15) is 65.2 Å². The molecule has 0 unspecified atom stereocenters. The Morgan fingerprint density at radius 2 is 1.85 bits per heavy atom. The summed E-state index contributed by atoms with van der Waals surface area (Å²) in [6.07, 6.45) is 6.21. The van der Waals surface area contributed by atoms with Gasteiger partial charge >= 0.3 is 5.97 Å². The zero-order valence-corrected chi connectivity index (χ0v) is 36.2. The van der Waals surface area contributed by atoms with E-state index >= 15 is 0 Å². The number of nitrogens with one attached hydrogen (secondary N) is 4. The highest BCUT2D eigenvalue weighted by atomic mass is 32.2. The van der Waals surface area contributed by atoms with E-state index in [1.807, 2.05) is 37.4 Å². The summed E-state index contributed by atoms with van der Waals surface area (Å²) in [5.74, 6) is -2.08. The molecule has 2 aromatic carbocycles. The molecule has 324 valence electrons. The summed E-state index contributed by atoms with van der Waals surface area (Å²) in [6, 6.07) is 12.6. The van der Waals surface area contributed by atoms with E-state index in [0.717, 1.165) is 30.8 Å². The summed E-state index contributed by atoms with van der Waals surface area (Å²) in [5, 5.41) is 12.7. The first-order valence-electron chi connectivity index (χ1n) is 20.4. The number of thiazole rings is 1. The lowest BCUT2D eigenvalue weighted by molar-refractivity contribution is -0.145. The van der Waals surface area contributed by atoms with Gasteiger partial charge in [0.2, 0.25) is 11.8 Å². The van der Waals surface area contributed by atoms with Crippen molar-refractivity contribution >= 4 is 66.8 Å². The molecule has 61 heavy (non-hydrogen) atoms. The van der Waals surface area contributed by atoms with Crippen molar-refractivity contribution in [1.29, 1.82) is 0 Å². The number of amides is 3. The molecule has 3 amide bonds. The van der Waals surface area contributed by atoms with E-state index in [9.17, 15) is 27.6 Å². The molecule has 2 fully saturated rings. The SMILES string of the molecule is COC(=O)CCC(=O)N1C[C@H](Oc2cc(-c3csc(NC(C)C)n3)nc3cc(OC)ccc23)C[C@H]1C(=O)N[C@]12C[C@H]1C=CCCCCCNc1ccccc1S(=O)(=O)NC2=O. The summed E-state index contributed by atoms with van der Waals surface area (Å²) in [6.45, 7) is 4.58. The maximum absolute atomic E-state index is 14.5. The predicted octanol–water partition coefficient (Wildman–Crippen LogP) is 5.41. The highest BCUT2D eigenvalue weighted by molar-refractivity contribution is 7.90. The van der Waals surface area contributed by atoms with Gasteiger partial charge in [0.05, 0.1) is 44.1 Å². The topological polar surface area (TPSA) is 207 Å². The van der Waals surface area contributed by atoms with Gasteiger partial charge in [0.1, 0.15) is 39.8 Å². The first-order valence-corrected chi connectivity index (χ1v) is 22.8. The zero-order chi connectivity index (χ0) is 43.3. The standard InChI is InChI=1S/C43H51N7O9S2/c1-26(2)45-42-47-34(25-60-42)33-22-36(30-16-15-28(57-3)20-32(30)46-33)59-29-21-35(50(24-29)38(51)17-18-39(52)58-4)40(53)48-43-23-27(43)12-8-6-5-7-11-19-44-31-13-9-10-14-37(31)61(55,56)49-41(43)54/h8-10,12-16,20,22,25-27,29,35,44H,5-7,11,17-19,21,23-24H2,1-4H3,(H,45,47)(H,48,53)(H,49,54)/t27-,29-,35+,43-/m1/s1. The van der Waals surface area contributed by atoms with E-state index in [1.165, 1.54) is 29.4 Å². The van der Waals surface area contributed by atoms with Gasteiger partial charge in [-0.2, -0.15) is 0 Å². The Hall–Kier alpha value is -5.75. The lowest BCUT2D eigenvalue weighted by atomic mass is 10.1. The molecule has 7 rings (SSSR count). The summed E-state index contributed by atoms with van der Waals surface area (Å²) < 4.78 is 46.7. The molecule has 3 aliphatic rings. The molecule has 2 aromatic heterocycles. The maximum Gasteiger partial charge on any atom is 0.306 e. The molecular formula is C43H51N7O9S2. The summed E-state index contributed by atoms with van der Waals surface area (Å²) in [7, 11) is -1.58. The fraction of sp³-hybridized carbons (Fsp3) is 0.442. The van der Waals surface area contributed by atoms with Crippen molar-refractivity contribution in [2.24, 2.45) is 5.92 Å². The van der Waals surface area contributed by atoms with Crippen LogP contribution in [0.5, 0.6) is 11.5 Å². The number of nitrogens with zero attached hydrogens (tertiary/aromatic N) is 3. The van der Waals surface area contributed by atoms with E-state index in [1.54, 1.807) is 43.5 Å². The van der Waals surface area contributed by atoms with Crippen LogP contribution < -0.4 is 30.1 Å². The number of para-hydroxylation sites is 1. The lowest BCUT2D eigenvalue weighted by Gasteiger charge is -2.26. The first kappa shape index (κ1) is 43.3. The molecule has 2 aliphatic heterocycles. The van der Waals surface area contributed by atoms with Gasteiger partial charge in [-0.05, 0) is 63.8 Å². The number of ether oxygens (including phenoxy) is 3. The van der Waals surface area contributed by atoms with Crippen molar-refractivity contribution in [1.82, 2.24) is 24.9 Å². The number of esters is 1. The monoisotopic (exact) mass is 873 g/mol. The molecule has 4 atom stereocenters. The number of carbonyl (C=O) groups is 4. The minimum atomic E-state index is -4.37. The Morgan fingerprint density at radius 3 is 2.64 bits per heavy atom. The zero-order valence-electron chi connectivity index (χ0n) is 34.6. The average molecular weight is 874 g/mol. The number of fused-ring (bicyclic) bond motifs is 3. The maximum atomic E-state index is 14.5. The Labute approximate surface area is 358 Å². The van der Waals surface area contributed by atoms with E-state index < -0.39 is 57.3 Å². The van der Waals surface area contributed by atoms with Crippen LogP contribution in [0.25, 0.3) is 22.3 Å². The van der Waals surface area contributed by atoms with Crippen molar-refractivity contribution in [2.75, 3.05) is 37.9 Å². The molecular weight excluding hydrogens is 823 g/mol. The minimum absolute atomic E-state index is 0.0206. The summed E-state index contributed by atoms with van der Waals surface area (Å²) in [4.78, 5) is 65.5. The normalized spacial score (nSPS) is 22.4. The van der Waals surface area contributed by atoms with Gasteiger partial charge in [-0.25, -0.2) is 23.1 Å². The predicted molar refractivity (Wildman–Crippen MR) is 231 cm³/mol. The third kappa shape index (κ3) is 9.91. The molecule has 0 radical (unpaired) electrons. The molecule has 4 heterocycles. The molecule has 1 aliphatic carbocycles. The van der Waals surface area contributed by atoms with Gasteiger partial charge in [-0.15, -0.1) is 11.3 Å². The summed E-state index contributed by atoms with van der Waals surface area (Å²) in [5.41, 5.74) is 0.504. The Morgan fingerprint density at radius 1 is 1.03 bits per heavy atom. The number of benzene rings is 2. The van der Waals surface area contributed by atoms with Gasteiger partial charge < -0.3 is 35.1 Å². The Balaban J connectivity index is 1.18. The number of methoxy groups -OCH3 is 2. The van der Waals surface area contributed by atoms with Crippen molar-refractivity contribution in [3.8, 4) is 22.9 Å². The first-order chi connectivity index (χ1) is 29.3. The number of allylic oxidation sites excluding steroid dienone is 1. The molecule has 1 saturated carbocycles. The van der Waals surface area contributed by atoms with Gasteiger partial charge in [-0.1, -0.05) is 30.7 Å². The van der Waals surface area contributed by atoms with E-state index in [4.69, 9.17) is 24.2 Å². The van der Waals surface area contributed by atoms with E-state index in [-0.39, 0.29) is 43.2 Å². The van der Waals surface area contributed by atoms with Crippen LogP contribution in [0.2, 0.25) is 0 Å². The third-order valence-electron chi connectivity index (χ3n) is 11.0. The highest BCUT2D eigenvalue weighted by Gasteiger charge is 2.61. The number of hydrogen-bond donors (Lipinski definition) is 4.